The van der Waals surface area contributed by atoms with Gasteiger partial charge in [-0.15, -0.1) is 0 Å². The van der Waals surface area contributed by atoms with E-state index in [4.69, 9.17) is 27.9 Å². The molecule has 0 fully saturated rings. The summed E-state index contributed by atoms with van der Waals surface area (Å²) < 4.78 is 4.99. The summed E-state index contributed by atoms with van der Waals surface area (Å²) in [5, 5.41) is 15.9. The van der Waals surface area contributed by atoms with Gasteiger partial charge in [-0.3, -0.25) is 9.59 Å². The Bertz CT molecular complexity index is 871. The lowest BCUT2D eigenvalue weighted by Crippen LogP contribution is -2.49. The van der Waals surface area contributed by atoms with Crippen molar-refractivity contribution in [2.45, 2.75) is 26.4 Å². The maximum absolute atomic E-state index is 12.6. The summed E-state index contributed by atoms with van der Waals surface area (Å²) in [5.74, 6) is -0.622. The quantitative estimate of drug-likeness (QED) is 0.630. The number of methoxy groups -OCH3 is 1. The molecule has 0 aliphatic heterocycles. The number of halogens is 2. The highest BCUT2D eigenvalue weighted by atomic mass is 35.5. The number of rotatable bonds is 7. The number of carbonyl (C=O) groups excluding carboxylic acids is 2. The molecule has 0 spiro atoms. The molecule has 1 unspecified atom stereocenters. The van der Waals surface area contributed by atoms with Crippen LogP contribution < -0.4 is 15.4 Å². The second kappa shape index (κ2) is 9.66. The van der Waals surface area contributed by atoms with Gasteiger partial charge in [0.15, 0.2) is 11.5 Å². The van der Waals surface area contributed by atoms with Gasteiger partial charge in [-0.1, -0.05) is 43.1 Å². The average molecular weight is 425 g/mol. The molecule has 8 heteroatoms. The third kappa shape index (κ3) is 5.53. The Morgan fingerprint density at radius 2 is 1.86 bits per heavy atom. The smallest absolute Gasteiger partial charge is 0.253 e. The number of hydrogen-bond donors (Lipinski definition) is 3. The summed E-state index contributed by atoms with van der Waals surface area (Å²) in [6, 6.07) is 8.63. The van der Waals surface area contributed by atoms with E-state index >= 15 is 0 Å². The number of phenolic OH excluding ortho intramolecular Hbond substituents is 1. The molecule has 0 bridgehead atoms. The second-order valence-corrected chi connectivity index (χ2v) is 7.39. The number of nitrogens with one attached hydrogen (secondary N) is 2. The van der Waals surface area contributed by atoms with Crippen LogP contribution in [-0.2, 0) is 11.3 Å². The minimum absolute atomic E-state index is 0.0136. The van der Waals surface area contributed by atoms with Crippen molar-refractivity contribution in [2.75, 3.05) is 7.11 Å². The van der Waals surface area contributed by atoms with Gasteiger partial charge in [0.2, 0.25) is 5.91 Å². The molecule has 6 nitrogen and oxygen atoms in total. The summed E-state index contributed by atoms with van der Waals surface area (Å²) >= 11 is 11.9. The fraction of sp³-hybridized carbons (Fsp3) is 0.300. The molecule has 3 N–H and O–H groups in total. The van der Waals surface area contributed by atoms with Gasteiger partial charge in [-0.2, -0.15) is 0 Å². The minimum Gasteiger partial charge on any atom is -0.504 e. The number of carbonyl (C=O) groups is 2. The molecular weight excluding hydrogens is 403 g/mol. The standard InChI is InChI=1S/C20H22Cl2N2O4/c1-11(2)18(24-19(26)14-6-5-13(21)9-15(14)22)20(27)23-10-12-4-7-17(28-3)16(25)8-12/h4-9,11,18,25H,10H2,1-3H3,(H,23,27)(H,24,26). The van der Waals surface area contributed by atoms with Gasteiger partial charge in [-0.25, -0.2) is 0 Å². The Labute approximate surface area is 173 Å². The summed E-state index contributed by atoms with van der Waals surface area (Å²) in [5.41, 5.74) is 0.936. The Balaban J connectivity index is 2.05. The molecule has 0 aliphatic rings. The average Bonchev–Trinajstić information content (AvgIpc) is 2.63. The van der Waals surface area contributed by atoms with Crippen LogP contribution in [0.1, 0.15) is 29.8 Å². The molecule has 2 aromatic rings. The van der Waals surface area contributed by atoms with Crippen molar-refractivity contribution < 1.29 is 19.4 Å². The SMILES string of the molecule is COc1ccc(CNC(=O)C(NC(=O)c2ccc(Cl)cc2Cl)C(C)C)cc1O. The molecule has 0 saturated heterocycles. The molecule has 2 rings (SSSR count). The highest BCUT2D eigenvalue weighted by Crippen LogP contribution is 2.26. The van der Waals surface area contributed by atoms with Crippen molar-refractivity contribution in [3.8, 4) is 11.5 Å². The van der Waals surface area contributed by atoms with Crippen LogP contribution in [0, 0.1) is 5.92 Å². The zero-order valence-corrected chi connectivity index (χ0v) is 17.3. The molecule has 0 heterocycles. The first kappa shape index (κ1) is 21.9. The number of benzene rings is 2. The summed E-state index contributed by atoms with van der Waals surface area (Å²) in [6.07, 6.45) is 0. The van der Waals surface area contributed by atoms with E-state index in [-0.39, 0.29) is 34.7 Å². The zero-order valence-electron chi connectivity index (χ0n) is 15.8. The van der Waals surface area contributed by atoms with E-state index in [0.29, 0.717) is 16.3 Å². The Morgan fingerprint density at radius 1 is 1.14 bits per heavy atom. The molecule has 28 heavy (non-hydrogen) atoms. The van der Waals surface area contributed by atoms with E-state index in [1.807, 2.05) is 13.8 Å². The van der Waals surface area contributed by atoms with Crippen LogP contribution in [0.3, 0.4) is 0 Å². The molecular formula is C20H22Cl2N2O4. The molecule has 0 aliphatic carbocycles. The van der Waals surface area contributed by atoms with E-state index in [1.54, 1.807) is 18.2 Å². The predicted molar refractivity (Wildman–Crippen MR) is 109 cm³/mol. The Hall–Kier alpha value is -2.44. The summed E-state index contributed by atoms with van der Waals surface area (Å²) in [6.45, 7) is 3.84. The van der Waals surface area contributed by atoms with E-state index in [0.717, 1.165) is 0 Å². The van der Waals surface area contributed by atoms with Gasteiger partial charge in [0.25, 0.3) is 5.91 Å². The number of hydrogen-bond acceptors (Lipinski definition) is 4. The maximum atomic E-state index is 12.6. The van der Waals surface area contributed by atoms with Crippen LogP contribution in [-0.4, -0.2) is 30.1 Å². The zero-order chi connectivity index (χ0) is 20.8. The fourth-order valence-corrected chi connectivity index (χ4v) is 3.07. The third-order valence-corrected chi connectivity index (χ3v) is 4.67. The van der Waals surface area contributed by atoms with Crippen LogP contribution in [0.2, 0.25) is 10.0 Å². The first-order chi connectivity index (χ1) is 13.2. The van der Waals surface area contributed by atoms with E-state index < -0.39 is 11.9 Å². The topological polar surface area (TPSA) is 87.7 Å². The molecule has 0 saturated carbocycles. The van der Waals surface area contributed by atoms with Gasteiger partial charge in [0, 0.05) is 11.6 Å². The lowest BCUT2D eigenvalue weighted by atomic mass is 10.0. The van der Waals surface area contributed by atoms with Gasteiger partial charge >= 0.3 is 0 Å². The lowest BCUT2D eigenvalue weighted by molar-refractivity contribution is -0.124. The van der Waals surface area contributed by atoms with Crippen molar-refractivity contribution in [2.24, 2.45) is 5.92 Å². The third-order valence-electron chi connectivity index (χ3n) is 4.12. The normalized spacial score (nSPS) is 11.8. The largest absolute Gasteiger partial charge is 0.504 e. The molecule has 0 aromatic heterocycles. The minimum atomic E-state index is -0.758. The van der Waals surface area contributed by atoms with Crippen LogP contribution in [0.4, 0.5) is 0 Å². The summed E-state index contributed by atoms with van der Waals surface area (Å²) in [4.78, 5) is 25.1. The van der Waals surface area contributed by atoms with Crippen LogP contribution in [0.25, 0.3) is 0 Å². The maximum Gasteiger partial charge on any atom is 0.253 e. The number of phenols is 1. The van der Waals surface area contributed by atoms with E-state index in [2.05, 4.69) is 10.6 Å². The molecule has 1 atom stereocenters. The molecule has 2 amide bonds. The van der Waals surface area contributed by atoms with Crippen molar-refractivity contribution in [1.29, 1.82) is 0 Å². The Kier molecular flexibility index (Phi) is 7.54. The first-order valence-corrected chi connectivity index (χ1v) is 9.38. The monoisotopic (exact) mass is 424 g/mol. The van der Waals surface area contributed by atoms with Crippen molar-refractivity contribution >= 4 is 35.0 Å². The van der Waals surface area contributed by atoms with Gasteiger partial charge in [-0.05, 0) is 41.8 Å². The number of aromatic hydroxyl groups is 1. The van der Waals surface area contributed by atoms with Gasteiger partial charge in [0.1, 0.15) is 6.04 Å². The first-order valence-electron chi connectivity index (χ1n) is 8.62. The summed E-state index contributed by atoms with van der Waals surface area (Å²) in [7, 11) is 1.46. The number of amides is 2. The van der Waals surface area contributed by atoms with Crippen LogP contribution in [0.5, 0.6) is 11.5 Å². The highest BCUT2D eigenvalue weighted by molar-refractivity contribution is 6.36. The second-order valence-electron chi connectivity index (χ2n) is 6.54. The molecule has 150 valence electrons. The van der Waals surface area contributed by atoms with Gasteiger partial charge < -0.3 is 20.5 Å². The van der Waals surface area contributed by atoms with Gasteiger partial charge in [0.05, 0.1) is 17.7 Å². The van der Waals surface area contributed by atoms with E-state index in [1.165, 1.54) is 25.3 Å². The van der Waals surface area contributed by atoms with Crippen molar-refractivity contribution in [3.63, 3.8) is 0 Å². The predicted octanol–water partition coefficient (Wildman–Crippen LogP) is 3.78. The number of ether oxygens (including phenoxy) is 1. The fourth-order valence-electron chi connectivity index (χ4n) is 2.57. The highest BCUT2D eigenvalue weighted by Gasteiger charge is 2.25. The molecule has 2 aromatic carbocycles. The Morgan fingerprint density at radius 3 is 2.43 bits per heavy atom. The molecule has 0 radical (unpaired) electrons. The van der Waals surface area contributed by atoms with Crippen LogP contribution >= 0.6 is 23.2 Å². The van der Waals surface area contributed by atoms with Crippen molar-refractivity contribution in [1.82, 2.24) is 10.6 Å². The lowest BCUT2D eigenvalue weighted by Gasteiger charge is -2.22. The van der Waals surface area contributed by atoms with Crippen LogP contribution in [0.15, 0.2) is 36.4 Å². The van der Waals surface area contributed by atoms with E-state index in [9.17, 15) is 14.7 Å². The van der Waals surface area contributed by atoms with Crippen molar-refractivity contribution in [3.05, 3.63) is 57.6 Å².